The van der Waals surface area contributed by atoms with E-state index >= 15 is 0 Å². The van der Waals surface area contributed by atoms with Crippen molar-refractivity contribution in [2.24, 2.45) is 5.92 Å². The average Bonchev–Trinajstić information content (AvgIpc) is 2.59. The van der Waals surface area contributed by atoms with Crippen LogP contribution in [0.2, 0.25) is 0 Å². The predicted molar refractivity (Wildman–Crippen MR) is 100 cm³/mol. The fourth-order valence-corrected chi connectivity index (χ4v) is 2.40. The van der Waals surface area contributed by atoms with Crippen molar-refractivity contribution in [1.29, 1.82) is 0 Å². The molecule has 25 heavy (non-hydrogen) atoms. The number of ether oxygens (including phenoxy) is 1. The van der Waals surface area contributed by atoms with Crippen LogP contribution in [0.25, 0.3) is 0 Å². The summed E-state index contributed by atoms with van der Waals surface area (Å²) in [7, 11) is 0. The number of halogens is 1. The van der Waals surface area contributed by atoms with Crippen LogP contribution in [0.15, 0.2) is 53.0 Å². The fourth-order valence-electron chi connectivity index (χ4n) is 2.00. The van der Waals surface area contributed by atoms with Crippen molar-refractivity contribution in [2.75, 3.05) is 6.61 Å². The lowest BCUT2D eigenvalue weighted by Crippen LogP contribution is -2.41. The van der Waals surface area contributed by atoms with E-state index in [9.17, 15) is 9.59 Å². The highest BCUT2D eigenvalue weighted by Gasteiger charge is 2.09. The number of rotatable bonds is 6. The van der Waals surface area contributed by atoms with E-state index in [-0.39, 0.29) is 5.91 Å². The van der Waals surface area contributed by atoms with Gasteiger partial charge in [-0.3, -0.25) is 20.4 Å². The Labute approximate surface area is 155 Å². The molecule has 2 amide bonds. The Balaban J connectivity index is 1.85. The maximum absolute atomic E-state index is 12.1. The number of hydrazine groups is 1. The molecule has 0 saturated heterocycles. The molecule has 0 aliphatic heterocycles. The van der Waals surface area contributed by atoms with Crippen LogP contribution in [0.1, 0.15) is 41.0 Å². The summed E-state index contributed by atoms with van der Waals surface area (Å²) in [5, 5.41) is 0. The van der Waals surface area contributed by atoms with Gasteiger partial charge in [-0.05, 0) is 54.8 Å². The van der Waals surface area contributed by atoms with Gasteiger partial charge in [0.1, 0.15) is 5.75 Å². The molecule has 0 spiro atoms. The highest BCUT2D eigenvalue weighted by Crippen LogP contribution is 2.14. The third-order valence-corrected chi connectivity index (χ3v) is 3.95. The van der Waals surface area contributed by atoms with E-state index < -0.39 is 5.91 Å². The van der Waals surface area contributed by atoms with Gasteiger partial charge in [0.15, 0.2) is 0 Å². The zero-order valence-corrected chi connectivity index (χ0v) is 15.8. The van der Waals surface area contributed by atoms with E-state index in [1.165, 1.54) is 0 Å². The van der Waals surface area contributed by atoms with Crippen LogP contribution in [0.4, 0.5) is 0 Å². The molecule has 2 aromatic carbocycles. The van der Waals surface area contributed by atoms with Crippen LogP contribution in [-0.2, 0) is 0 Å². The third-order valence-electron chi connectivity index (χ3n) is 3.46. The minimum absolute atomic E-state index is 0.386. The lowest BCUT2D eigenvalue weighted by atomic mass is 10.1. The summed E-state index contributed by atoms with van der Waals surface area (Å²) in [6.45, 7) is 4.92. The quantitative estimate of drug-likeness (QED) is 0.716. The molecular formula is C19H21BrN2O3. The highest BCUT2D eigenvalue weighted by molar-refractivity contribution is 9.10. The van der Waals surface area contributed by atoms with Gasteiger partial charge in [-0.25, -0.2) is 0 Å². The number of nitrogens with one attached hydrogen (secondary N) is 2. The Bertz CT molecular complexity index is 730. The van der Waals surface area contributed by atoms with Gasteiger partial charge < -0.3 is 4.74 Å². The molecular weight excluding hydrogens is 384 g/mol. The van der Waals surface area contributed by atoms with E-state index in [0.717, 1.165) is 16.6 Å². The molecule has 2 rings (SSSR count). The first-order valence-electron chi connectivity index (χ1n) is 8.05. The van der Waals surface area contributed by atoms with Crippen molar-refractivity contribution in [3.63, 3.8) is 0 Å². The summed E-state index contributed by atoms with van der Waals surface area (Å²) >= 11 is 3.30. The van der Waals surface area contributed by atoms with E-state index in [1.54, 1.807) is 42.5 Å². The molecule has 0 radical (unpaired) electrons. The summed E-state index contributed by atoms with van der Waals surface area (Å²) in [6, 6.07) is 13.7. The summed E-state index contributed by atoms with van der Waals surface area (Å²) in [4.78, 5) is 24.1. The molecule has 2 aromatic rings. The zero-order chi connectivity index (χ0) is 18.2. The number of carbonyl (C=O) groups is 2. The Hall–Kier alpha value is -2.34. The van der Waals surface area contributed by atoms with Gasteiger partial charge in [0.25, 0.3) is 11.8 Å². The second kappa shape index (κ2) is 9.22. The molecule has 0 atom stereocenters. The highest BCUT2D eigenvalue weighted by atomic mass is 79.9. The van der Waals surface area contributed by atoms with Crippen molar-refractivity contribution >= 4 is 27.7 Å². The van der Waals surface area contributed by atoms with Crippen molar-refractivity contribution in [3.05, 3.63) is 64.1 Å². The van der Waals surface area contributed by atoms with Crippen LogP contribution in [0.3, 0.4) is 0 Å². The van der Waals surface area contributed by atoms with Crippen LogP contribution in [0.5, 0.6) is 5.75 Å². The first-order valence-corrected chi connectivity index (χ1v) is 8.84. The minimum atomic E-state index is -0.392. The molecule has 132 valence electrons. The smallest absolute Gasteiger partial charge is 0.269 e. The molecule has 2 N–H and O–H groups in total. The van der Waals surface area contributed by atoms with Crippen molar-refractivity contribution in [3.8, 4) is 5.75 Å². The topological polar surface area (TPSA) is 67.4 Å². The Morgan fingerprint density at radius 3 is 2.24 bits per heavy atom. The van der Waals surface area contributed by atoms with Crippen LogP contribution < -0.4 is 15.6 Å². The predicted octanol–water partition coefficient (Wildman–Crippen LogP) is 3.95. The SMILES string of the molecule is CC(C)CCOc1ccc(C(=O)NNC(=O)c2cccc(Br)c2)cc1. The zero-order valence-electron chi connectivity index (χ0n) is 14.2. The Kier molecular flexibility index (Phi) is 7.01. The molecule has 0 saturated carbocycles. The average molecular weight is 405 g/mol. The summed E-state index contributed by atoms with van der Waals surface area (Å²) in [5.41, 5.74) is 5.68. The minimum Gasteiger partial charge on any atom is -0.494 e. The van der Waals surface area contributed by atoms with Gasteiger partial charge in [-0.1, -0.05) is 35.8 Å². The Morgan fingerprint density at radius 1 is 1.00 bits per heavy atom. The standard InChI is InChI=1S/C19H21BrN2O3/c1-13(2)10-11-25-17-8-6-14(7-9-17)18(23)21-22-19(24)15-4-3-5-16(20)12-15/h3-9,12-13H,10-11H2,1-2H3,(H,21,23)(H,22,24). The second-order valence-electron chi connectivity index (χ2n) is 5.97. The van der Waals surface area contributed by atoms with Crippen LogP contribution >= 0.6 is 15.9 Å². The van der Waals surface area contributed by atoms with Crippen molar-refractivity contribution in [1.82, 2.24) is 10.9 Å². The first-order chi connectivity index (χ1) is 12.0. The van der Waals surface area contributed by atoms with Crippen molar-refractivity contribution in [2.45, 2.75) is 20.3 Å². The van der Waals surface area contributed by atoms with Gasteiger partial charge in [0, 0.05) is 15.6 Å². The number of hydrogen-bond acceptors (Lipinski definition) is 3. The van der Waals surface area contributed by atoms with E-state index in [1.807, 2.05) is 6.07 Å². The first kappa shape index (κ1) is 19.0. The van der Waals surface area contributed by atoms with E-state index in [4.69, 9.17) is 4.74 Å². The number of benzene rings is 2. The van der Waals surface area contributed by atoms with Gasteiger partial charge in [0.2, 0.25) is 0 Å². The monoisotopic (exact) mass is 404 g/mol. The number of hydrogen-bond donors (Lipinski definition) is 2. The van der Waals surface area contributed by atoms with Gasteiger partial charge in [-0.15, -0.1) is 0 Å². The molecule has 0 unspecified atom stereocenters. The third kappa shape index (κ3) is 6.23. The van der Waals surface area contributed by atoms with Gasteiger partial charge >= 0.3 is 0 Å². The maximum atomic E-state index is 12.1. The molecule has 0 heterocycles. The second-order valence-corrected chi connectivity index (χ2v) is 6.89. The van der Waals surface area contributed by atoms with Gasteiger partial charge in [-0.2, -0.15) is 0 Å². The molecule has 0 bridgehead atoms. The van der Waals surface area contributed by atoms with Crippen molar-refractivity contribution < 1.29 is 14.3 Å². The molecule has 0 aromatic heterocycles. The summed E-state index contributed by atoms with van der Waals surface area (Å²) in [6.07, 6.45) is 0.976. The molecule has 5 nitrogen and oxygen atoms in total. The molecule has 0 aliphatic carbocycles. The summed E-state index contributed by atoms with van der Waals surface area (Å²) < 4.78 is 6.40. The molecule has 0 fully saturated rings. The maximum Gasteiger partial charge on any atom is 0.269 e. The van der Waals surface area contributed by atoms with E-state index in [2.05, 4.69) is 40.6 Å². The lowest BCUT2D eigenvalue weighted by Gasteiger charge is -2.10. The Morgan fingerprint density at radius 2 is 1.64 bits per heavy atom. The number of carbonyl (C=O) groups excluding carboxylic acids is 2. The largest absolute Gasteiger partial charge is 0.494 e. The van der Waals surface area contributed by atoms with Gasteiger partial charge in [0.05, 0.1) is 6.61 Å². The lowest BCUT2D eigenvalue weighted by molar-refractivity contribution is 0.0846. The normalized spacial score (nSPS) is 10.4. The van der Waals surface area contributed by atoms with E-state index in [0.29, 0.717) is 23.7 Å². The van der Waals surface area contributed by atoms with Crippen LogP contribution in [-0.4, -0.2) is 18.4 Å². The molecule has 6 heteroatoms. The van der Waals surface area contributed by atoms with Crippen LogP contribution in [0, 0.1) is 5.92 Å². The summed E-state index contributed by atoms with van der Waals surface area (Å²) in [5.74, 6) is 0.523. The fraction of sp³-hybridized carbons (Fsp3) is 0.263. The number of amides is 2. The molecule has 0 aliphatic rings.